The molecule has 2 rings (SSSR count). The minimum atomic E-state index is -3.33. The highest BCUT2D eigenvalue weighted by atomic mass is 35.5. The van der Waals surface area contributed by atoms with Crippen LogP contribution in [0.25, 0.3) is 0 Å². The van der Waals surface area contributed by atoms with Crippen molar-refractivity contribution in [2.45, 2.75) is 23.6 Å². The topological polar surface area (TPSA) is 83.9 Å². The van der Waals surface area contributed by atoms with E-state index in [1.165, 1.54) is 0 Å². The van der Waals surface area contributed by atoms with E-state index in [9.17, 15) is 8.42 Å². The standard InChI is InChI=1S/C12H13ClN2O2S/c1-2-18(16,17)11-10(12(11,15)7-14)8-3-5-9(13)6-4-8/h3-6,10-11H,2,15H2,1H3/t10-,11-,12-/m1/s1. The van der Waals surface area contributed by atoms with E-state index in [0.717, 1.165) is 5.56 Å². The largest absolute Gasteiger partial charge is 0.312 e. The van der Waals surface area contributed by atoms with Gasteiger partial charge in [0.15, 0.2) is 9.84 Å². The Morgan fingerprint density at radius 3 is 2.44 bits per heavy atom. The highest BCUT2D eigenvalue weighted by molar-refractivity contribution is 7.92. The van der Waals surface area contributed by atoms with E-state index in [1.54, 1.807) is 31.2 Å². The molecule has 0 unspecified atom stereocenters. The Labute approximate surface area is 111 Å². The Morgan fingerprint density at radius 2 is 2.00 bits per heavy atom. The van der Waals surface area contributed by atoms with Crippen molar-refractivity contribution >= 4 is 21.4 Å². The first-order valence-corrected chi connectivity index (χ1v) is 7.63. The van der Waals surface area contributed by atoms with Crippen LogP contribution in [0, 0.1) is 11.3 Å². The highest BCUT2D eigenvalue weighted by Gasteiger charge is 2.69. The minimum absolute atomic E-state index is 0.0115. The van der Waals surface area contributed by atoms with Gasteiger partial charge in [-0.25, -0.2) is 8.42 Å². The lowest BCUT2D eigenvalue weighted by Crippen LogP contribution is -2.29. The molecule has 4 nitrogen and oxygen atoms in total. The molecule has 1 aromatic rings. The van der Waals surface area contributed by atoms with Gasteiger partial charge < -0.3 is 5.73 Å². The van der Waals surface area contributed by atoms with Gasteiger partial charge in [0.2, 0.25) is 0 Å². The molecule has 0 radical (unpaired) electrons. The van der Waals surface area contributed by atoms with Crippen LogP contribution in [-0.4, -0.2) is 25.0 Å². The van der Waals surface area contributed by atoms with Crippen molar-refractivity contribution in [3.05, 3.63) is 34.9 Å². The molecule has 0 bridgehead atoms. The van der Waals surface area contributed by atoms with Crippen LogP contribution in [0.1, 0.15) is 18.4 Å². The van der Waals surface area contributed by atoms with Gasteiger partial charge in [-0.3, -0.25) is 0 Å². The third-order valence-corrected chi connectivity index (χ3v) is 5.88. The number of sulfone groups is 1. The quantitative estimate of drug-likeness (QED) is 0.911. The van der Waals surface area contributed by atoms with E-state index in [-0.39, 0.29) is 5.75 Å². The maximum Gasteiger partial charge on any atom is 0.156 e. The van der Waals surface area contributed by atoms with Crippen molar-refractivity contribution in [2.75, 3.05) is 5.75 Å². The summed E-state index contributed by atoms with van der Waals surface area (Å²) in [6, 6.07) is 8.71. The molecule has 1 aliphatic rings. The Hall–Kier alpha value is -1.09. The van der Waals surface area contributed by atoms with Gasteiger partial charge in [0.25, 0.3) is 0 Å². The van der Waals surface area contributed by atoms with Gasteiger partial charge in [-0.1, -0.05) is 30.7 Å². The monoisotopic (exact) mass is 284 g/mol. The van der Waals surface area contributed by atoms with Crippen LogP contribution in [0.15, 0.2) is 24.3 Å². The molecule has 1 fully saturated rings. The molecular weight excluding hydrogens is 272 g/mol. The number of hydrogen-bond donors (Lipinski definition) is 1. The summed E-state index contributed by atoms with van der Waals surface area (Å²) in [4.78, 5) is 0. The fraction of sp³-hybridized carbons (Fsp3) is 0.417. The van der Waals surface area contributed by atoms with Crippen LogP contribution in [0.4, 0.5) is 0 Å². The maximum atomic E-state index is 11.9. The van der Waals surface area contributed by atoms with Crippen molar-refractivity contribution in [1.82, 2.24) is 0 Å². The second kappa shape index (κ2) is 4.23. The molecule has 6 heteroatoms. The summed E-state index contributed by atoms with van der Waals surface area (Å²) >= 11 is 5.78. The first-order valence-electron chi connectivity index (χ1n) is 5.54. The predicted octanol–water partition coefficient (Wildman–Crippen LogP) is 1.46. The first-order chi connectivity index (χ1) is 8.36. The van der Waals surface area contributed by atoms with Crippen molar-refractivity contribution in [3.63, 3.8) is 0 Å². The summed E-state index contributed by atoms with van der Waals surface area (Å²) in [5, 5.41) is 8.86. The number of halogens is 1. The lowest BCUT2D eigenvalue weighted by molar-refractivity contribution is 0.593. The molecule has 1 aromatic carbocycles. The van der Waals surface area contributed by atoms with E-state index >= 15 is 0 Å². The molecular formula is C12H13ClN2O2S. The lowest BCUT2D eigenvalue weighted by Gasteiger charge is -2.00. The summed E-state index contributed by atoms with van der Waals surface area (Å²) in [5.41, 5.74) is 5.32. The van der Waals surface area contributed by atoms with Crippen LogP contribution in [0.3, 0.4) is 0 Å². The fourth-order valence-corrected chi connectivity index (χ4v) is 4.31. The number of nitriles is 1. The van der Waals surface area contributed by atoms with Gasteiger partial charge in [-0.2, -0.15) is 5.26 Å². The van der Waals surface area contributed by atoms with Gasteiger partial charge in [-0.15, -0.1) is 0 Å². The Morgan fingerprint density at radius 1 is 1.44 bits per heavy atom. The minimum Gasteiger partial charge on any atom is -0.312 e. The molecule has 0 aliphatic heterocycles. The van der Waals surface area contributed by atoms with Crippen molar-refractivity contribution in [3.8, 4) is 6.07 Å². The van der Waals surface area contributed by atoms with Gasteiger partial charge >= 0.3 is 0 Å². The Kier molecular flexibility index (Phi) is 3.14. The Balaban J connectivity index is 2.41. The second-order valence-electron chi connectivity index (χ2n) is 4.45. The number of rotatable bonds is 3. The number of nitrogens with two attached hydrogens (primary N) is 1. The van der Waals surface area contributed by atoms with E-state index in [4.69, 9.17) is 22.6 Å². The number of nitrogens with zero attached hydrogens (tertiary/aromatic N) is 1. The molecule has 18 heavy (non-hydrogen) atoms. The van der Waals surface area contributed by atoms with Gasteiger partial charge in [0.05, 0.1) is 6.07 Å². The molecule has 2 N–H and O–H groups in total. The Bertz CT molecular complexity index is 606. The van der Waals surface area contributed by atoms with E-state index < -0.39 is 26.5 Å². The van der Waals surface area contributed by atoms with E-state index in [2.05, 4.69) is 0 Å². The maximum absolute atomic E-state index is 11.9. The van der Waals surface area contributed by atoms with Crippen LogP contribution >= 0.6 is 11.6 Å². The lowest BCUT2D eigenvalue weighted by atomic mass is 10.1. The predicted molar refractivity (Wildman–Crippen MR) is 70.0 cm³/mol. The number of benzene rings is 1. The molecule has 1 saturated carbocycles. The highest BCUT2D eigenvalue weighted by Crippen LogP contribution is 2.53. The zero-order chi connectivity index (χ0) is 13.6. The average Bonchev–Trinajstić information content (AvgIpc) is 2.98. The first kappa shape index (κ1) is 13.3. The zero-order valence-corrected chi connectivity index (χ0v) is 11.4. The van der Waals surface area contributed by atoms with Crippen molar-refractivity contribution in [1.29, 1.82) is 5.26 Å². The van der Waals surface area contributed by atoms with E-state index in [0.29, 0.717) is 5.02 Å². The summed E-state index contributed by atoms with van der Waals surface area (Å²) < 4.78 is 23.9. The summed E-state index contributed by atoms with van der Waals surface area (Å²) in [7, 11) is -3.33. The summed E-state index contributed by atoms with van der Waals surface area (Å²) in [5.74, 6) is -0.479. The van der Waals surface area contributed by atoms with Gasteiger partial charge in [0, 0.05) is 16.7 Å². The SMILES string of the molecule is CCS(=O)(=O)[C@@H]1[C@@H](c2ccc(Cl)cc2)[C@]1(N)C#N. The van der Waals surface area contributed by atoms with Crippen LogP contribution in [0.5, 0.6) is 0 Å². The van der Waals surface area contributed by atoms with Crippen molar-refractivity contribution in [2.24, 2.45) is 5.73 Å². The number of hydrogen-bond acceptors (Lipinski definition) is 4. The smallest absolute Gasteiger partial charge is 0.156 e. The zero-order valence-electron chi connectivity index (χ0n) is 9.80. The molecule has 0 amide bonds. The average molecular weight is 285 g/mol. The van der Waals surface area contributed by atoms with Gasteiger partial charge in [-0.05, 0) is 17.7 Å². The fourth-order valence-electron chi connectivity index (χ4n) is 2.31. The van der Waals surface area contributed by atoms with Crippen LogP contribution < -0.4 is 5.73 Å². The second-order valence-corrected chi connectivity index (χ2v) is 7.29. The molecule has 0 spiro atoms. The van der Waals surface area contributed by atoms with Gasteiger partial charge in [0.1, 0.15) is 10.8 Å². The third-order valence-electron chi connectivity index (χ3n) is 3.39. The van der Waals surface area contributed by atoms with Crippen LogP contribution in [-0.2, 0) is 9.84 Å². The molecule has 1 aliphatic carbocycles. The summed E-state index contributed by atoms with van der Waals surface area (Å²) in [6.07, 6.45) is 0. The molecule has 0 saturated heterocycles. The van der Waals surface area contributed by atoms with E-state index in [1.807, 2.05) is 6.07 Å². The molecule has 96 valence electrons. The van der Waals surface area contributed by atoms with Crippen LogP contribution in [0.2, 0.25) is 5.02 Å². The molecule has 3 atom stereocenters. The normalized spacial score (nSPS) is 30.8. The third kappa shape index (κ3) is 1.91. The molecule has 0 aromatic heterocycles. The summed E-state index contributed by atoms with van der Waals surface area (Å²) in [6.45, 7) is 1.56. The van der Waals surface area contributed by atoms with Crippen molar-refractivity contribution < 1.29 is 8.42 Å². The molecule has 0 heterocycles.